The van der Waals surface area contributed by atoms with Crippen LogP contribution in [0.15, 0.2) is 0 Å². The Morgan fingerprint density at radius 2 is 1.08 bits per heavy atom. The van der Waals surface area contributed by atoms with Gasteiger partial charge in [0, 0.05) is 12.8 Å². The number of hydrogen-bond donors (Lipinski definition) is 0. The van der Waals surface area contributed by atoms with E-state index in [1.54, 1.807) is 27.7 Å². The van der Waals surface area contributed by atoms with Crippen LogP contribution in [0.3, 0.4) is 0 Å². The molecule has 0 amide bonds. The van der Waals surface area contributed by atoms with Gasteiger partial charge in [0.1, 0.15) is 11.2 Å². The average Bonchev–Trinajstić information content (AvgIpc) is 2.50. The van der Waals surface area contributed by atoms with Crippen LogP contribution in [-0.2, 0) is 43.8 Å². The SMILES string of the molecule is COOOC(C)(C)CCOC(=O)OC(=O)OCCC(C)(C)OOOC. The minimum atomic E-state index is -1.19. The Morgan fingerprint density at radius 3 is 1.40 bits per heavy atom. The van der Waals surface area contributed by atoms with Crippen molar-refractivity contribution in [1.29, 1.82) is 0 Å². The van der Waals surface area contributed by atoms with Crippen molar-refractivity contribution in [3.8, 4) is 0 Å². The summed E-state index contributed by atoms with van der Waals surface area (Å²) in [4.78, 5) is 41.1. The Hall–Kier alpha value is -1.50. The van der Waals surface area contributed by atoms with Crippen LogP contribution < -0.4 is 0 Å². The minimum Gasteiger partial charge on any atom is -0.434 e. The first-order chi connectivity index (χ1) is 11.6. The molecular formula is C14H26O11. The Balaban J connectivity index is 3.90. The van der Waals surface area contributed by atoms with Crippen molar-refractivity contribution >= 4 is 12.3 Å². The summed E-state index contributed by atoms with van der Waals surface area (Å²) in [6.45, 7) is 6.61. The molecule has 11 nitrogen and oxygen atoms in total. The van der Waals surface area contributed by atoms with Crippen molar-refractivity contribution in [3.63, 3.8) is 0 Å². The summed E-state index contributed by atoms with van der Waals surface area (Å²) in [5, 5.41) is 8.69. The number of carbonyl (C=O) groups excluding carboxylic acids is 2. The van der Waals surface area contributed by atoms with Crippen molar-refractivity contribution < 1.29 is 53.4 Å². The van der Waals surface area contributed by atoms with Gasteiger partial charge in [-0.25, -0.2) is 19.4 Å². The second kappa shape index (κ2) is 12.0. The lowest BCUT2D eigenvalue weighted by molar-refractivity contribution is -0.532. The number of ether oxygens (including phenoxy) is 3. The van der Waals surface area contributed by atoms with E-state index in [4.69, 9.17) is 19.2 Å². The third-order valence-corrected chi connectivity index (χ3v) is 2.67. The predicted octanol–water partition coefficient (Wildman–Crippen LogP) is 2.63. The number of rotatable bonds is 12. The smallest absolute Gasteiger partial charge is 0.434 e. The van der Waals surface area contributed by atoms with Gasteiger partial charge in [-0.3, -0.25) is 0 Å². The van der Waals surface area contributed by atoms with E-state index in [1.165, 1.54) is 14.2 Å². The zero-order chi connectivity index (χ0) is 19.3. The maximum atomic E-state index is 11.4. The van der Waals surface area contributed by atoms with Crippen molar-refractivity contribution in [2.75, 3.05) is 27.4 Å². The highest BCUT2D eigenvalue weighted by Gasteiger charge is 2.24. The largest absolute Gasteiger partial charge is 0.518 e. The maximum Gasteiger partial charge on any atom is 0.518 e. The summed E-state index contributed by atoms with van der Waals surface area (Å²) in [7, 11) is 2.57. The van der Waals surface area contributed by atoms with E-state index in [-0.39, 0.29) is 26.1 Å². The van der Waals surface area contributed by atoms with Crippen LogP contribution in [-0.4, -0.2) is 50.9 Å². The van der Waals surface area contributed by atoms with Crippen LogP contribution in [0.5, 0.6) is 0 Å². The molecule has 0 aromatic heterocycles. The molecule has 11 heteroatoms. The minimum absolute atomic E-state index is 0.0680. The molecule has 0 saturated heterocycles. The quantitative estimate of drug-likeness (QED) is 0.218. The van der Waals surface area contributed by atoms with E-state index in [0.717, 1.165) is 0 Å². The summed E-state index contributed by atoms with van der Waals surface area (Å²) >= 11 is 0. The lowest BCUT2D eigenvalue weighted by Gasteiger charge is -2.21. The summed E-state index contributed by atoms with van der Waals surface area (Å²) in [6.07, 6.45) is -1.84. The fourth-order valence-electron chi connectivity index (χ4n) is 1.22. The average molecular weight is 370 g/mol. The van der Waals surface area contributed by atoms with E-state index >= 15 is 0 Å². The van der Waals surface area contributed by atoms with Gasteiger partial charge in [0.05, 0.1) is 27.4 Å². The molecule has 0 unspecified atom stereocenters. The van der Waals surface area contributed by atoms with Gasteiger partial charge in [-0.15, -0.1) is 0 Å². The molecule has 0 heterocycles. The van der Waals surface area contributed by atoms with Gasteiger partial charge >= 0.3 is 12.3 Å². The lowest BCUT2D eigenvalue weighted by atomic mass is 10.1. The standard InChI is InChI=1S/C14H26O11/c1-13(2,22-24-17-5)7-9-19-11(15)21-12(16)20-10-8-14(3,4)23-25-18-6/h7-10H2,1-6H3. The van der Waals surface area contributed by atoms with Gasteiger partial charge in [0.2, 0.25) is 0 Å². The van der Waals surface area contributed by atoms with Crippen molar-refractivity contribution in [1.82, 2.24) is 0 Å². The Morgan fingerprint density at radius 1 is 0.720 bits per heavy atom. The first kappa shape index (κ1) is 23.5. The molecule has 0 fully saturated rings. The van der Waals surface area contributed by atoms with E-state index in [0.29, 0.717) is 0 Å². The zero-order valence-corrected chi connectivity index (χ0v) is 15.3. The number of carbonyl (C=O) groups is 2. The van der Waals surface area contributed by atoms with Crippen LogP contribution in [0.25, 0.3) is 0 Å². The van der Waals surface area contributed by atoms with Gasteiger partial charge in [-0.2, -0.15) is 9.78 Å². The van der Waals surface area contributed by atoms with E-state index in [1.807, 2.05) is 0 Å². The fraction of sp³-hybridized carbons (Fsp3) is 0.857. The molecule has 0 aliphatic heterocycles. The number of hydrogen-bond acceptors (Lipinski definition) is 11. The molecule has 0 aliphatic rings. The second-order valence-corrected chi connectivity index (χ2v) is 5.95. The van der Waals surface area contributed by atoms with Crippen LogP contribution in [0.4, 0.5) is 9.59 Å². The van der Waals surface area contributed by atoms with Crippen LogP contribution in [0, 0.1) is 0 Å². The van der Waals surface area contributed by atoms with Gasteiger partial charge in [-0.1, -0.05) is 10.1 Å². The summed E-state index contributed by atoms with van der Waals surface area (Å²) in [5.41, 5.74) is -1.54. The Bertz CT molecular complexity index is 358. The molecule has 0 spiro atoms. The molecule has 0 rings (SSSR count). The van der Waals surface area contributed by atoms with Crippen molar-refractivity contribution in [3.05, 3.63) is 0 Å². The first-order valence-electron chi connectivity index (χ1n) is 7.40. The topological polar surface area (TPSA) is 117 Å². The monoisotopic (exact) mass is 370 g/mol. The van der Waals surface area contributed by atoms with Gasteiger partial charge in [0.25, 0.3) is 0 Å². The van der Waals surface area contributed by atoms with Crippen LogP contribution in [0.2, 0.25) is 0 Å². The van der Waals surface area contributed by atoms with Gasteiger partial charge in [-0.05, 0) is 27.7 Å². The van der Waals surface area contributed by atoms with Crippen LogP contribution >= 0.6 is 0 Å². The Kier molecular flexibility index (Phi) is 11.2. The zero-order valence-electron chi connectivity index (χ0n) is 15.3. The van der Waals surface area contributed by atoms with Crippen LogP contribution in [0.1, 0.15) is 40.5 Å². The normalized spacial score (nSPS) is 11.9. The first-order valence-corrected chi connectivity index (χ1v) is 7.40. The molecule has 148 valence electrons. The molecule has 0 radical (unpaired) electrons. The Labute approximate surface area is 146 Å². The highest BCUT2D eigenvalue weighted by molar-refractivity contribution is 5.76. The van der Waals surface area contributed by atoms with Gasteiger partial charge in [0.15, 0.2) is 0 Å². The molecule has 0 bridgehead atoms. The second-order valence-electron chi connectivity index (χ2n) is 5.95. The molecule has 0 aliphatic carbocycles. The molecule has 0 aromatic rings. The molecule has 0 aromatic carbocycles. The summed E-state index contributed by atoms with van der Waals surface area (Å²) < 4.78 is 13.8. The van der Waals surface area contributed by atoms with E-state index < -0.39 is 23.5 Å². The third-order valence-electron chi connectivity index (χ3n) is 2.67. The van der Waals surface area contributed by atoms with Crippen molar-refractivity contribution in [2.24, 2.45) is 0 Å². The van der Waals surface area contributed by atoms with E-state index in [9.17, 15) is 9.59 Å². The third kappa shape index (κ3) is 13.5. The summed E-state index contributed by atoms with van der Waals surface area (Å²) in [5.74, 6) is 0. The molecule has 0 N–H and O–H groups in total. The molecule has 0 saturated carbocycles. The predicted molar refractivity (Wildman–Crippen MR) is 79.5 cm³/mol. The van der Waals surface area contributed by atoms with Crippen molar-refractivity contribution in [2.45, 2.75) is 51.7 Å². The summed E-state index contributed by atoms with van der Waals surface area (Å²) in [6, 6.07) is 0. The maximum absolute atomic E-state index is 11.4. The highest BCUT2D eigenvalue weighted by Crippen LogP contribution is 2.16. The lowest BCUT2D eigenvalue weighted by Crippen LogP contribution is -2.28. The molecule has 25 heavy (non-hydrogen) atoms. The molecular weight excluding hydrogens is 344 g/mol. The van der Waals surface area contributed by atoms with Gasteiger partial charge < -0.3 is 14.2 Å². The van der Waals surface area contributed by atoms with E-state index in [2.05, 4.69) is 24.6 Å². The highest BCUT2D eigenvalue weighted by atomic mass is 17.5. The fourth-order valence-corrected chi connectivity index (χ4v) is 1.22. The molecule has 0 atom stereocenters.